The summed E-state index contributed by atoms with van der Waals surface area (Å²) in [4.78, 5) is 0. The second-order valence-corrected chi connectivity index (χ2v) is 13.9. The van der Waals surface area contributed by atoms with E-state index in [9.17, 15) is 86.8 Å². The average Bonchev–Trinajstić information content (AvgIpc) is 3.18. The summed E-state index contributed by atoms with van der Waals surface area (Å²) in [6, 6.07) is 0. The van der Waals surface area contributed by atoms with Gasteiger partial charge in [0.2, 0.25) is 0 Å². The summed E-state index contributed by atoms with van der Waals surface area (Å²) in [5.74, 6) is 0. The molecular formula is C30H52O26. The van der Waals surface area contributed by atoms with Gasteiger partial charge in [-0.3, -0.25) is 0 Å². The number of hydrogen-bond donors (Lipinski definition) is 17. The first-order valence-corrected chi connectivity index (χ1v) is 17.6. The lowest BCUT2D eigenvalue weighted by atomic mass is 9.95. The monoisotopic (exact) mass is 828 g/mol. The minimum Gasteiger partial charge on any atom is -0.394 e. The third-order valence-electron chi connectivity index (χ3n) is 10.3. The number of aliphatic hydroxyl groups excluding tert-OH is 17. The average molecular weight is 829 g/mol. The molecule has 26 nitrogen and oxygen atoms in total. The molecule has 1 unspecified atom stereocenters. The van der Waals surface area contributed by atoms with Gasteiger partial charge < -0.3 is 129 Å². The molecule has 17 N–H and O–H groups in total. The van der Waals surface area contributed by atoms with Gasteiger partial charge in [0.25, 0.3) is 0 Å². The van der Waals surface area contributed by atoms with E-state index >= 15 is 0 Å². The van der Waals surface area contributed by atoms with Gasteiger partial charge in [-0.15, -0.1) is 0 Å². The predicted molar refractivity (Wildman–Crippen MR) is 167 cm³/mol. The maximum atomic E-state index is 11.4. The van der Waals surface area contributed by atoms with Crippen LogP contribution in [-0.4, -0.2) is 273 Å². The third kappa shape index (κ3) is 9.16. The summed E-state index contributed by atoms with van der Waals surface area (Å²) in [6.07, 6.45) is -47.0. The Morgan fingerprint density at radius 1 is 0.268 bits per heavy atom. The van der Waals surface area contributed by atoms with Crippen molar-refractivity contribution in [2.75, 3.05) is 33.0 Å². The van der Waals surface area contributed by atoms with Crippen LogP contribution in [0.2, 0.25) is 0 Å². The molecule has 0 aromatic rings. The fourth-order valence-corrected chi connectivity index (χ4v) is 7.01. The Bertz CT molecular complexity index is 1200. The fraction of sp³-hybridized carbons (Fsp3) is 1.00. The Balaban J connectivity index is 1.34. The van der Waals surface area contributed by atoms with Gasteiger partial charge in [0, 0.05) is 0 Å². The van der Waals surface area contributed by atoms with Gasteiger partial charge in [0.05, 0.1) is 33.0 Å². The quantitative estimate of drug-likeness (QED) is 0.0819. The minimum atomic E-state index is -2.17. The first kappa shape index (κ1) is 46.0. The van der Waals surface area contributed by atoms with Gasteiger partial charge in [0.15, 0.2) is 31.5 Å². The molecule has 5 aliphatic rings. The standard InChI is InChI=1S/C30H52O26/c31-1-6-11(36)15(40)18(43)27(49-6)54-23-12(37)8(3-33)51-29(20(23)45)56-25-14(39)9(4-34)52-30(21(25)46)55-24-13(38)7(2-32)50-28(19(24)44)53-22-10(5-35)48-26(47)17(42)16(22)41/h6-47H,1-5H2/t6-,7-,8-,9-,10-,11+,12+,13+,14+,15+,16-,17-,18-,19-,20-,21-,22-,23+,24+,25+,26?,27+,28+,29+,30+/m1/s1. The topological polar surface area (TPSA) is 427 Å². The minimum absolute atomic E-state index is 0.850. The van der Waals surface area contributed by atoms with E-state index in [1.807, 2.05) is 0 Å². The highest BCUT2D eigenvalue weighted by Crippen LogP contribution is 2.35. The number of ether oxygens (including phenoxy) is 9. The second kappa shape index (κ2) is 19.6. The molecule has 328 valence electrons. The van der Waals surface area contributed by atoms with Crippen molar-refractivity contribution in [2.24, 2.45) is 0 Å². The Morgan fingerprint density at radius 3 is 0.911 bits per heavy atom. The summed E-state index contributed by atoms with van der Waals surface area (Å²) < 4.78 is 49.2. The van der Waals surface area contributed by atoms with Crippen molar-refractivity contribution >= 4 is 0 Å². The van der Waals surface area contributed by atoms with Crippen LogP contribution in [0.15, 0.2) is 0 Å². The normalized spacial score (nSPS) is 53.2. The van der Waals surface area contributed by atoms with E-state index in [0.717, 1.165) is 0 Å². The molecule has 5 aliphatic heterocycles. The summed E-state index contributed by atoms with van der Waals surface area (Å²) in [5.41, 5.74) is 0. The molecule has 56 heavy (non-hydrogen) atoms. The third-order valence-corrected chi connectivity index (χ3v) is 10.3. The van der Waals surface area contributed by atoms with Gasteiger partial charge in [-0.25, -0.2) is 0 Å². The molecule has 0 amide bonds. The van der Waals surface area contributed by atoms with Crippen LogP contribution < -0.4 is 0 Å². The van der Waals surface area contributed by atoms with Crippen molar-refractivity contribution in [1.82, 2.24) is 0 Å². The van der Waals surface area contributed by atoms with E-state index in [1.165, 1.54) is 0 Å². The molecule has 0 aliphatic carbocycles. The molecule has 26 heteroatoms. The van der Waals surface area contributed by atoms with E-state index in [2.05, 4.69) is 0 Å². The summed E-state index contributed by atoms with van der Waals surface area (Å²) in [6.45, 7) is -4.60. The summed E-state index contributed by atoms with van der Waals surface area (Å²) in [7, 11) is 0. The molecular weight excluding hydrogens is 776 g/mol. The zero-order valence-corrected chi connectivity index (χ0v) is 29.2. The Labute approximate surface area is 316 Å². The zero-order valence-electron chi connectivity index (χ0n) is 29.2. The SMILES string of the molecule is OC[C@H]1O[C@@H](O[C@H]2[C@@H](O)[C@@H](CO)O[C@@H](O[C@H]3[C@@H](O)[C@@H](CO)O[C@@H](O[C@H]4[C@@H](O)[C@@H](CO)O[C@@H](O[C@H]5[C@H](O)[C@@H](O)C(O)O[C@@H]5CO)[C@@H]4O)[C@@H]3O)[C@@H]2O)[C@H](O)[C@@H](O)[C@H]1O. The molecule has 5 fully saturated rings. The maximum absolute atomic E-state index is 11.4. The highest BCUT2D eigenvalue weighted by Gasteiger charge is 2.56. The number of aliphatic hydroxyl groups is 17. The number of hydrogen-bond acceptors (Lipinski definition) is 26. The smallest absolute Gasteiger partial charge is 0.187 e. The molecule has 0 aromatic heterocycles. The summed E-state index contributed by atoms with van der Waals surface area (Å²) >= 11 is 0. The molecule has 0 spiro atoms. The Morgan fingerprint density at radius 2 is 0.571 bits per heavy atom. The molecule has 25 atom stereocenters. The van der Waals surface area contributed by atoms with Crippen molar-refractivity contribution in [3.63, 3.8) is 0 Å². The van der Waals surface area contributed by atoms with Gasteiger partial charge in [-0.05, 0) is 0 Å². The van der Waals surface area contributed by atoms with Crippen molar-refractivity contribution in [1.29, 1.82) is 0 Å². The van der Waals surface area contributed by atoms with Crippen LogP contribution in [0.1, 0.15) is 0 Å². The first-order chi connectivity index (χ1) is 26.5. The predicted octanol–water partition coefficient (Wildman–Crippen LogP) is -11.9. The Hall–Kier alpha value is -1.04. The van der Waals surface area contributed by atoms with Crippen LogP contribution in [0.3, 0.4) is 0 Å². The van der Waals surface area contributed by atoms with E-state index < -0.39 is 187 Å². The van der Waals surface area contributed by atoms with Crippen LogP contribution in [-0.2, 0) is 42.6 Å². The molecule has 5 heterocycles. The van der Waals surface area contributed by atoms with Gasteiger partial charge in [0.1, 0.15) is 122 Å². The van der Waals surface area contributed by atoms with Crippen LogP contribution in [0.25, 0.3) is 0 Å². The van der Waals surface area contributed by atoms with Crippen LogP contribution in [0, 0.1) is 0 Å². The first-order valence-electron chi connectivity index (χ1n) is 17.6. The van der Waals surface area contributed by atoms with Gasteiger partial charge in [-0.1, -0.05) is 0 Å². The molecule has 5 rings (SSSR count). The van der Waals surface area contributed by atoms with E-state index in [4.69, 9.17) is 42.6 Å². The largest absolute Gasteiger partial charge is 0.394 e. The van der Waals surface area contributed by atoms with Crippen molar-refractivity contribution in [3.8, 4) is 0 Å². The lowest BCUT2D eigenvalue weighted by Gasteiger charge is -2.49. The molecule has 0 bridgehead atoms. The highest BCUT2D eigenvalue weighted by atomic mass is 16.8. The van der Waals surface area contributed by atoms with Crippen LogP contribution in [0.5, 0.6) is 0 Å². The lowest BCUT2D eigenvalue weighted by Crippen LogP contribution is -2.68. The second-order valence-electron chi connectivity index (χ2n) is 13.9. The highest BCUT2D eigenvalue weighted by molar-refractivity contribution is 4.99. The molecule has 0 aromatic carbocycles. The number of rotatable bonds is 13. The molecule has 0 radical (unpaired) electrons. The van der Waals surface area contributed by atoms with E-state index in [1.54, 1.807) is 0 Å². The van der Waals surface area contributed by atoms with Crippen LogP contribution >= 0.6 is 0 Å². The van der Waals surface area contributed by atoms with Crippen molar-refractivity contribution in [3.05, 3.63) is 0 Å². The maximum Gasteiger partial charge on any atom is 0.187 e. The Kier molecular flexibility index (Phi) is 16.1. The van der Waals surface area contributed by atoms with Gasteiger partial charge >= 0.3 is 0 Å². The van der Waals surface area contributed by atoms with Crippen molar-refractivity contribution < 1.29 is 129 Å². The summed E-state index contributed by atoms with van der Waals surface area (Å²) in [5, 5.41) is 177. The lowest BCUT2D eigenvalue weighted by molar-refractivity contribution is -0.395. The van der Waals surface area contributed by atoms with Gasteiger partial charge in [-0.2, -0.15) is 0 Å². The molecule has 5 saturated heterocycles. The van der Waals surface area contributed by atoms with E-state index in [-0.39, 0.29) is 0 Å². The molecule has 0 saturated carbocycles. The fourth-order valence-electron chi connectivity index (χ4n) is 7.01. The zero-order chi connectivity index (χ0) is 41.3. The van der Waals surface area contributed by atoms with Crippen molar-refractivity contribution in [2.45, 2.75) is 154 Å². The van der Waals surface area contributed by atoms with Crippen LogP contribution in [0.4, 0.5) is 0 Å². The van der Waals surface area contributed by atoms with E-state index in [0.29, 0.717) is 0 Å².